The van der Waals surface area contributed by atoms with E-state index in [-0.39, 0.29) is 24.0 Å². The van der Waals surface area contributed by atoms with Crippen LogP contribution in [0, 0.1) is 5.92 Å². The molecule has 1 aromatic rings. The number of aliphatic imine (C=N–C) groups is 1. The molecule has 3 rings (SSSR count). The van der Waals surface area contributed by atoms with Crippen LogP contribution in [-0.2, 0) is 17.8 Å². The van der Waals surface area contributed by atoms with E-state index >= 15 is 0 Å². The molecule has 0 bridgehead atoms. The second kappa shape index (κ2) is 10.3. The van der Waals surface area contributed by atoms with Gasteiger partial charge in [-0.25, -0.2) is 4.99 Å². The molecule has 2 saturated heterocycles. The third-order valence-electron chi connectivity index (χ3n) is 4.93. The van der Waals surface area contributed by atoms with Crippen LogP contribution in [0.25, 0.3) is 0 Å². The first-order chi connectivity index (χ1) is 11.7. The normalized spacial score (nSPS) is 22.5. The highest BCUT2D eigenvalue weighted by molar-refractivity contribution is 14.0. The van der Waals surface area contributed by atoms with Crippen molar-refractivity contribution >= 4 is 29.9 Å². The molecular weight excluding hydrogens is 427 g/mol. The molecule has 0 saturated carbocycles. The van der Waals surface area contributed by atoms with Crippen molar-refractivity contribution in [2.45, 2.75) is 32.9 Å². The van der Waals surface area contributed by atoms with E-state index in [9.17, 15) is 0 Å². The van der Waals surface area contributed by atoms with E-state index in [1.807, 2.05) is 0 Å². The first kappa shape index (κ1) is 20.5. The average Bonchev–Trinajstić information content (AvgIpc) is 2.62. The largest absolute Gasteiger partial charge is 0.378 e. The summed E-state index contributed by atoms with van der Waals surface area (Å²) in [5, 5.41) is 0. The predicted octanol–water partition coefficient (Wildman–Crippen LogP) is 2.68. The zero-order valence-electron chi connectivity index (χ0n) is 15.2. The lowest BCUT2D eigenvalue weighted by Gasteiger charge is -2.30. The molecular formula is C19H31IN4O. The van der Waals surface area contributed by atoms with Crippen molar-refractivity contribution in [1.82, 2.24) is 9.80 Å². The fourth-order valence-corrected chi connectivity index (χ4v) is 3.50. The van der Waals surface area contributed by atoms with Gasteiger partial charge in [-0.1, -0.05) is 31.2 Å². The van der Waals surface area contributed by atoms with Gasteiger partial charge in [0, 0.05) is 26.2 Å². The van der Waals surface area contributed by atoms with Crippen LogP contribution in [0.5, 0.6) is 0 Å². The van der Waals surface area contributed by atoms with Gasteiger partial charge in [0.2, 0.25) is 0 Å². The Labute approximate surface area is 168 Å². The summed E-state index contributed by atoms with van der Waals surface area (Å²) in [7, 11) is 0. The Balaban J connectivity index is 0.00000225. The van der Waals surface area contributed by atoms with Gasteiger partial charge in [0.1, 0.15) is 0 Å². The number of hydrogen-bond donors (Lipinski definition) is 1. The Bertz CT molecular complexity index is 543. The molecule has 6 heteroatoms. The van der Waals surface area contributed by atoms with E-state index in [1.165, 1.54) is 37.1 Å². The highest BCUT2D eigenvalue weighted by Gasteiger charge is 2.16. The highest BCUT2D eigenvalue weighted by Crippen LogP contribution is 2.18. The monoisotopic (exact) mass is 458 g/mol. The number of nitrogens with two attached hydrogens (primary N) is 1. The Morgan fingerprint density at radius 3 is 2.52 bits per heavy atom. The topological polar surface area (TPSA) is 54.1 Å². The Kier molecular flexibility index (Phi) is 8.45. The molecule has 25 heavy (non-hydrogen) atoms. The molecule has 2 fully saturated rings. The molecule has 0 spiro atoms. The first-order valence-electron chi connectivity index (χ1n) is 9.13. The number of rotatable bonds is 4. The molecule has 0 amide bonds. The van der Waals surface area contributed by atoms with Crippen LogP contribution in [0.4, 0.5) is 0 Å². The Morgan fingerprint density at radius 2 is 1.84 bits per heavy atom. The van der Waals surface area contributed by atoms with Gasteiger partial charge >= 0.3 is 0 Å². The molecule has 2 aliphatic heterocycles. The minimum Gasteiger partial charge on any atom is -0.378 e. The Hall–Kier alpha value is -0.860. The fourth-order valence-electron chi connectivity index (χ4n) is 3.50. The first-order valence-corrected chi connectivity index (χ1v) is 9.13. The lowest BCUT2D eigenvalue weighted by Crippen LogP contribution is -2.44. The van der Waals surface area contributed by atoms with Crippen LogP contribution in [0.15, 0.2) is 29.3 Å². The van der Waals surface area contributed by atoms with Crippen LogP contribution in [0.3, 0.4) is 0 Å². The second-order valence-corrected chi connectivity index (χ2v) is 7.07. The summed E-state index contributed by atoms with van der Waals surface area (Å²) < 4.78 is 5.34. The third kappa shape index (κ3) is 6.42. The number of ether oxygens (including phenoxy) is 1. The molecule has 2 N–H and O–H groups in total. The smallest absolute Gasteiger partial charge is 0.191 e. The second-order valence-electron chi connectivity index (χ2n) is 7.07. The molecule has 1 unspecified atom stereocenters. The number of halogens is 1. The summed E-state index contributed by atoms with van der Waals surface area (Å²) in [5.74, 6) is 1.46. The van der Waals surface area contributed by atoms with Crippen molar-refractivity contribution in [3.63, 3.8) is 0 Å². The van der Waals surface area contributed by atoms with Crippen LogP contribution >= 0.6 is 24.0 Å². The molecule has 2 aliphatic rings. The summed E-state index contributed by atoms with van der Waals surface area (Å²) >= 11 is 0. The van der Waals surface area contributed by atoms with E-state index < -0.39 is 0 Å². The van der Waals surface area contributed by atoms with Gasteiger partial charge in [0.15, 0.2) is 5.96 Å². The van der Waals surface area contributed by atoms with E-state index in [2.05, 4.69) is 46.0 Å². The van der Waals surface area contributed by atoms with Gasteiger partial charge in [-0.2, -0.15) is 0 Å². The van der Waals surface area contributed by atoms with Gasteiger partial charge in [-0.15, -0.1) is 24.0 Å². The van der Waals surface area contributed by atoms with E-state index in [0.29, 0.717) is 12.5 Å². The number of nitrogens with zero attached hydrogens (tertiary/aromatic N) is 3. The lowest BCUT2D eigenvalue weighted by atomic mass is 9.99. The van der Waals surface area contributed by atoms with Gasteiger partial charge in [-0.05, 0) is 36.4 Å². The minimum atomic E-state index is 0. The number of morpholine rings is 1. The quantitative estimate of drug-likeness (QED) is 0.429. The summed E-state index contributed by atoms with van der Waals surface area (Å²) in [5.41, 5.74) is 8.67. The van der Waals surface area contributed by atoms with E-state index in [0.717, 1.165) is 38.8 Å². The summed E-state index contributed by atoms with van der Waals surface area (Å²) in [6.07, 6.45) is 2.70. The number of hydrogen-bond acceptors (Lipinski definition) is 3. The standard InChI is InChI=1S/C19H30N4O.HI/c1-16-3-2-8-22(14-16)15-18-6-4-17(5-7-18)13-21-19(20)23-9-11-24-12-10-23;/h4-7,16H,2-3,8-15H2,1H3,(H2,20,21);1H. The van der Waals surface area contributed by atoms with Crippen molar-refractivity contribution in [3.05, 3.63) is 35.4 Å². The third-order valence-corrected chi connectivity index (χ3v) is 4.93. The molecule has 140 valence electrons. The zero-order chi connectivity index (χ0) is 16.8. The van der Waals surface area contributed by atoms with Gasteiger partial charge < -0.3 is 15.4 Å². The minimum absolute atomic E-state index is 0. The molecule has 2 heterocycles. The van der Waals surface area contributed by atoms with Gasteiger partial charge in [0.05, 0.1) is 19.8 Å². The number of likely N-dealkylation sites (tertiary alicyclic amines) is 1. The molecule has 1 aromatic carbocycles. The van der Waals surface area contributed by atoms with Crippen molar-refractivity contribution < 1.29 is 4.74 Å². The number of piperidine rings is 1. The van der Waals surface area contributed by atoms with E-state index in [1.54, 1.807) is 0 Å². The molecule has 0 radical (unpaired) electrons. The van der Waals surface area contributed by atoms with Crippen LogP contribution in [0.1, 0.15) is 30.9 Å². The highest BCUT2D eigenvalue weighted by atomic mass is 127. The summed E-state index contributed by atoms with van der Waals surface area (Å²) in [4.78, 5) is 9.19. The van der Waals surface area contributed by atoms with Crippen LogP contribution < -0.4 is 5.73 Å². The maximum Gasteiger partial charge on any atom is 0.191 e. The molecule has 1 atom stereocenters. The average molecular weight is 458 g/mol. The lowest BCUT2D eigenvalue weighted by molar-refractivity contribution is 0.0674. The maximum absolute atomic E-state index is 6.08. The zero-order valence-corrected chi connectivity index (χ0v) is 17.5. The van der Waals surface area contributed by atoms with Crippen molar-refractivity contribution in [2.24, 2.45) is 16.6 Å². The SMILES string of the molecule is CC1CCCN(Cc2ccc(CN=C(N)N3CCOCC3)cc2)C1.I. The number of benzene rings is 1. The van der Waals surface area contributed by atoms with Gasteiger partial charge in [-0.3, -0.25) is 4.90 Å². The van der Waals surface area contributed by atoms with Crippen molar-refractivity contribution in [1.29, 1.82) is 0 Å². The summed E-state index contributed by atoms with van der Waals surface area (Å²) in [6, 6.07) is 8.82. The van der Waals surface area contributed by atoms with Gasteiger partial charge in [0.25, 0.3) is 0 Å². The summed E-state index contributed by atoms with van der Waals surface area (Å²) in [6.45, 7) is 9.65. The maximum atomic E-state index is 6.08. The molecule has 0 aliphatic carbocycles. The van der Waals surface area contributed by atoms with Crippen LogP contribution in [-0.4, -0.2) is 55.2 Å². The van der Waals surface area contributed by atoms with Crippen LogP contribution in [0.2, 0.25) is 0 Å². The van der Waals surface area contributed by atoms with Crippen molar-refractivity contribution in [2.75, 3.05) is 39.4 Å². The Morgan fingerprint density at radius 1 is 1.16 bits per heavy atom. The molecule has 5 nitrogen and oxygen atoms in total. The molecule has 0 aromatic heterocycles. The number of guanidine groups is 1. The van der Waals surface area contributed by atoms with Crippen molar-refractivity contribution in [3.8, 4) is 0 Å². The van der Waals surface area contributed by atoms with E-state index in [4.69, 9.17) is 10.5 Å². The fraction of sp³-hybridized carbons (Fsp3) is 0.632. The predicted molar refractivity (Wildman–Crippen MR) is 113 cm³/mol.